The molecule has 0 atom stereocenters. The van der Waals surface area contributed by atoms with Crippen molar-refractivity contribution in [3.8, 4) is 0 Å². The Morgan fingerprint density at radius 2 is 2.27 bits per heavy atom. The van der Waals surface area contributed by atoms with Crippen molar-refractivity contribution < 1.29 is 4.79 Å². The first kappa shape index (κ1) is 14.6. The van der Waals surface area contributed by atoms with E-state index in [2.05, 4.69) is 26.0 Å². The smallest absolute Gasteiger partial charge is 0.260 e. The molecule has 116 valence electrons. The van der Waals surface area contributed by atoms with Crippen LogP contribution in [0.2, 0.25) is 0 Å². The minimum atomic E-state index is -0.352. The van der Waals surface area contributed by atoms with Crippen LogP contribution < -0.4 is 10.9 Å². The Bertz CT molecular complexity index is 721. The van der Waals surface area contributed by atoms with Gasteiger partial charge in [0.05, 0.1) is 5.69 Å². The van der Waals surface area contributed by atoms with Gasteiger partial charge in [-0.15, -0.1) is 0 Å². The van der Waals surface area contributed by atoms with Crippen LogP contribution in [0.3, 0.4) is 0 Å². The van der Waals surface area contributed by atoms with Crippen LogP contribution in [0, 0.1) is 6.92 Å². The van der Waals surface area contributed by atoms with E-state index in [-0.39, 0.29) is 17.0 Å². The number of hydrogen-bond donors (Lipinski definition) is 2. The molecule has 0 fully saturated rings. The maximum absolute atomic E-state index is 12.0. The zero-order valence-electron chi connectivity index (χ0n) is 12.7. The van der Waals surface area contributed by atoms with Crippen molar-refractivity contribution >= 4 is 5.91 Å². The van der Waals surface area contributed by atoms with Gasteiger partial charge in [0, 0.05) is 37.8 Å². The topological polar surface area (TPSA) is 79.8 Å². The maximum atomic E-state index is 12.0. The highest BCUT2D eigenvalue weighted by Gasteiger charge is 2.13. The highest BCUT2D eigenvalue weighted by atomic mass is 16.2. The van der Waals surface area contributed by atoms with Gasteiger partial charge < -0.3 is 14.9 Å². The van der Waals surface area contributed by atoms with Gasteiger partial charge in [-0.1, -0.05) is 0 Å². The number of rotatable bonds is 4. The van der Waals surface area contributed by atoms with Gasteiger partial charge in [-0.05, 0) is 31.9 Å². The second-order valence-corrected chi connectivity index (χ2v) is 5.69. The summed E-state index contributed by atoms with van der Waals surface area (Å²) in [6.07, 6.45) is 6.18. The van der Waals surface area contributed by atoms with Crippen LogP contribution in [0.15, 0.2) is 23.1 Å². The monoisotopic (exact) mass is 300 g/mol. The normalized spacial score (nSPS) is 13.7. The fraction of sp³-hybridized carbons (Fsp3) is 0.438. The lowest BCUT2D eigenvalue weighted by molar-refractivity contribution is 0.0952. The number of aromatic amines is 1. The Morgan fingerprint density at radius 3 is 3.05 bits per heavy atom. The van der Waals surface area contributed by atoms with Crippen LogP contribution in [0.1, 0.15) is 40.4 Å². The third kappa shape index (κ3) is 3.10. The fourth-order valence-corrected chi connectivity index (χ4v) is 2.74. The Balaban J connectivity index is 1.57. The van der Waals surface area contributed by atoms with Crippen molar-refractivity contribution in [2.75, 3.05) is 6.54 Å². The summed E-state index contributed by atoms with van der Waals surface area (Å²) in [6, 6.07) is 3.28. The van der Waals surface area contributed by atoms with Crippen LogP contribution >= 0.6 is 0 Å². The minimum Gasteiger partial charge on any atom is -0.351 e. The average molecular weight is 300 g/mol. The van der Waals surface area contributed by atoms with Crippen LogP contribution in [-0.2, 0) is 19.4 Å². The molecule has 0 aromatic carbocycles. The molecule has 0 aliphatic carbocycles. The molecule has 1 aliphatic heterocycles. The standard InChI is InChI=1S/C16H20N4O2/c1-11-5-6-13(16(22)18-11)15(21)17-8-7-12-10-20-9-3-2-4-14(20)19-12/h5-6,10H,2-4,7-9H2,1H3,(H,17,21)(H,18,22). The molecule has 3 heterocycles. The van der Waals surface area contributed by atoms with Gasteiger partial charge in [-0.25, -0.2) is 4.98 Å². The molecular formula is C16H20N4O2. The van der Waals surface area contributed by atoms with Crippen molar-refractivity contribution in [1.82, 2.24) is 19.9 Å². The van der Waals surface area contributed by atoms with E-state index in [4.69, 9.17) is 0 Å². The maximum Gasteiger partial charge on any atom is 0.260 e. The van der Waals surface area contributed by atoms with Gasteiger partial charge in [0.25, 0.3) is 11.5 Å². The second-order valence-electron chi connectivity index (χ2n) is 5.69. The Hall–Kier alpha value is -2.37. The molecule has 2 aromatic rings. The number of carbonyl (C=O) groups is 1. The van der Waals surface area contributed by atoms with Crippen molar-refractivity contribution in [1.29, 1.82) is 0 Å². The molecule has 0 saturated heterocycles. The molecule has 2 N–H and O–H groups in total. The van der Waals surface area contributed by atoms with Crippen molar-refractivity contribution in [3.63, 3.8) is 0 Å². The lowest BCUT2D eigenvalue weighted by Gasteiger charge is -2.11. The number of aromatic nitrogens is 3. The lowest BCUT2D eigenvalue weighted by Crippen LogP contribution is -2.31. The first-order valence-corrected chi connectivity index (χ1v) is 7.66. The SMILES string of the molecule is Cc1ccc(C(=O)NCCc2cn3c(n2)CCCC3)c(=O)[nH]1. The Labute approximate surface area is 128 Å². The van der Waals surface area contributed by atoms with Crippen molar-refractivity contribution in [2.45, 2.75) is 39.2 Å². The summed E-state index contributed by atoms with van der Waals surface area (Å²) in [4.78, 5) is 30.9. The summed E-state index contributed by atoms with van der Waals surface area (Å²) >= 11 is 0. The number of pyridine rings is 1. The molecule has 0 bridgehead atoms. The largest absolute Gasteiger partial charge is 0.351 e. The molecule has 0 saturated carbocycles. The number of H-pyrrole nitrogens is 1. The van der Waals surface area contributed by atoms with Gasteiger partial charge in [-0.2, -0.15) is 0 Å². The Kier molecular flexibility index (Phi) is 4.09. The van der Waals surface area contributed by atoms with Gasteiger partial charge in [0.15, 0.2) is 0 Å². The first-order valence-electron chi connectivity index (χ1n) is 7.66. The summed E-state index contributed by atoms with van der Waals surface area (Å²) in [5.41, 5.74) is 1.53. The summed E-state index contributed by atoms with van der Waals surface area (Å²) in [6.45, 7) is 3.29. The Morgan fingerprint density at radius 1 is 1.41 bits per heavy atom. The zero-order chi connectivity index (χ0) is 15.5. The molecular weight excluding hydrogens is 280 g/mol. The van der Waals surface area contributed by atoms with Crippen LogP contribution in [-0.4, -0.2) is 27.0 Å². The number of aryl methyl sites for hydroxylation is 3. The quantitative estimate of drug-likeness (QED) is 0.890. The minimum absolute atomic E-state index is 0.148. The molecule has 3 rings (SSSR count). The van der Waals surface area contributed by atoms with Crippen molar-refractivity contribution in [2.24, 2.45) is 0 Å². The van der Waals surface area contributed by atoms with Gasteiger partial charge in [0.1, 0.15) is 11.4 Å². The molecule has 1 amide bonds. The van der Waals surface area contributed by atoms with Gasteiger partial charge in [-0.3, -0.25) is 9.59 Å². The average Bonchev–Trinajstić information content (AvgIpc) is 2.89. The molecule has 0 unspecified atom stereocenters. The zero-order valence-corrected chi connectivity index (χ0v) is 12.7. The van der Waals surface area contributed by atoms with E-state index in [1.54, 1.807) is 19.1 Å². The molecule has 2 aromatic heterocycles. The molecule has 6 heteroatoms. The van der Waals surface area contributed by atoms with Crippen LogP contribution in [0.25, 0.3) is 0 Å². The predicted molar refractivity (Wildman–Crippen MR) is 83.0 cm³/mol. The summed E-state index contributed by atoms with van der Waals surface area (Å²) in [7, 11) is 0. The number of fused-ring (bicyclic) bond motifs is 1. The van der Waals surface area contributed by atoms with Crippen molar-refractivity contribution in [3.05, 3.63) is 51.5 Å². The first-order chi connectivity index (χ1) is 10.6. The van der Waals surface area contributed by atoms with Crippen LogP contribution in [0.5, 0.6) is 0 Å². The third-order valence-electron chi connectivity index (χ3n) is 3.93. The molecule has 22 heavy (non-hydrogen) atoms. The number of nitrogens with zero attached hydrogens (tertiary/aromatic N) is 2. The fourth-order valence-electron chi connectivity index (χ4n) is 2.74. The molecule has 0 radical (unpaired) electrons. The van der Waals surface area contributed by atoms with E-state index in [9.17, 15) is 9.59 Å². The van der Waals surface area contributed by atoms with E-state index >= 15 is 0 Å². The highest BCUT2D eigenvalue weighted by Crippen LogP contribution is 2.14. The number of hydrogen-bond acceptors (Lipinski definition) is 3. The third-order valence-corrected chi connectivity index (χ3v) is 3.93. The lowest BCUT2D eigenvalue weighted by atomic mass is 10.2. The number of amides is 1. The van der Waals surface area contributed by atoms with E-state index < -0.39 is 0 Å². The molecule has 6 nitrogen and oxygen atoms in total. The summed E-state index contributed by atoms with van der Waals surface area (Å²) < 4.78 is 2.20. The van der Waals surface area contributed by atoms with E-state index in [0.29, 0.717) is 13.0 Å². The second kappa shape index (κ2) is 6.17. The number of carbonyl (C=O) groups excluding carboxylic acids is 1. The van der Waals surface area contributed by atoms with Gasteiger partial charge >= 0.3 is 0 Å². The number of nitrogens with one attached hydrogen (secondary N) is 2. The summed E-state index contributed by atoms with van der Waals surface area (Å²) in [5.74, 6) is 0.799. The number of imidazole rings is 1. The highest BCUT2D eigenvalue weighted by molar-refractivity contribution is 5.93. The van der Waals surface area contributed by atoms with Crippen LogP contribution in [0.4, 0.5) is 0 Å². The van der Waals surface area contributed by atoms with E-state index in [1.165, 1.54) is 12.8 Å². The summed E-state index contributed by atoms with van der Waals surface area (Å²) in [5, 5.41) is 2.78. The van der Waals surface area contributed by atoms with E-state index in [0.717, 1.165) is 30.2 Å². The molecule has 1 aliphatic rings. The van der Waals surface area contributed by atoms with Gasteiger partial charge in [0.2, 0.25) is 0 Å². The van der Waals surface area contributed by atoms with E-state index in [1.807, 2.05) is 0 Å². The molecule has 0 spiro atoms. The predicted octanol–water partition coefficient (Wildman–Crippen LogP) is 1.19.